The van der Waals surface area contributed by atoms with Gasteiger partial charge in [0.2, 0.25) is 0 Å². The highest BCUT2D eigenvalue weighted by atomic mass is 32.2. The fraction of sp³-hybridized carbons (Fsp3) is 0.452. The minimum absolute atomic E-state index is 0.708. The van der Waals surface area contributed by atoms with E-state index in [1.807, 2.05) is 58.2 Å². The Hall–Kier alpha value is -2.70. The van der Waals surface area contributed by atoms with Crippen LogP contribution in [0.4, 0.5) is 5.69 Å². The molecule has 2 aromatic rings. The minimum Gasteiger partial charge on any atom is -0.319 e. The van der Waals surface area contributed by atoms with E-state index in [1.165, 1.54) is 37.8 Å². The summed E-state index contributed by atoms with van der Waals surface area (Å²) in [6, 6.07) is 18.3. The monoisotopic (exact) mass is 522 g/mol. The van der Waals surface area contributed by atoms with Crippen molar-refractivity contribution in [1.29, 1.82) is 0 Å². The standard InChI is InChI=1S/C20H23N3S.C7H15N.C4H8O/c1-15(2)22-23-20(21-19-12-8-9-16(3)13-19)24-14-17(4)18-10-6-5-7-11-18;1-8-6-7-4-2-3-5-7;1-2-3-4-5/h5-13H,4,14H2,1-3H3,(H,21,23);7-8H,2-6H2,1H3;4H,2-3H2,1H3. The summed E-state index contributed by atoms with van der Waals surface area (Å²) in [5.41, 5.74) is 8.32. The molecule has 0 spiro atoms. The summed E-state index contributed by atoms with van der Waals surface area (Å²) in [6.45, 7) is 13.3. The summed E-state index contributed by atoms with van der Waals surface area (Å²) in [4.78, 5) is 14.1. The fourth-order valence-corrected chi connectivity index (χ4v) is 4.36. The average Bonchev–Trinajstić information content (AvgIpc) is 3.41. The number of nitrogens with zero attached hydrogens (tertiary/aromatic N) is 2. The maximum atomic E-state index is 9.40. The van der Waals surface area contributed by atoms with Crippen molar-refractivity contribution in [3.63, 3.8) is 0 Å². The van der Waals surface area contributed by atoms with Gasteiger partial charge in [0.05, 0.1) is 5.69 Å². The Kier molecular flexibility index (Phi) is 17.8. The number of aldehydes is 1. The number of carbonyl (C=O) groups is 1. The largest absolute Gasteiger partial charge is 0.319 e. The molecule has 0 radical (unpaired) electrons. The second kappa shape index (κ2) is 20.4. The molecule has 37 heavy (non-hydrogen) atoms. The van der Waals surface area contributed by atoms with Crippen molar-refractivity contribution in [1.82, 2.24) is 10.7 Å². The summed E-state index contributed by atoms with van der Waals surface area (Å²) >= 11 is 1.60. The van der Waals surface area contributed by atoms with Crippen LogP contribution in [0.3, 0.4) is 0 Å². The van der Waals surface area contributed by atoms with Gasteiger partial charge in [0.15, 0.2) is 5.17 Å². The highest BCUT2D eigenvalue weighted by molar-refractivity contribution is 8.14. The Morgan fingerprint density at radius 3 is 2.35 bits per heavy atom. The number of aryl methyl sites for hydroxylation is 1. The Morgan fingerprint density at radius 1 is 1.11 bits per heavy atom. The third-order valence-electron chi connectivity index (χ3n) is 5.55. The SMILES string of the molecule is C=C(CSC(=Nc1cccc(C)c1)NN=C(C)C)c1ccccc1.CCCC=O.CNCC1CCCC1. The Bertz CT molecular complexity index is 962. The van der Waals surface area contributed by atoms with Crippen LogP contribution in [-0.4, -0.2) is 36.5 Å². The Balaban J connectivity index is 0.000000430. The molecule has 1 saturated carbocycles. The van der Waals surface area contributed by atoms with Crippen LogP contribution in [0.1, 0.15) is 70.4 Å². The number of benzene rings is 2. The lowest BCUT2D eigenvalue weighted by Gasteiger charge is -2.09. The van der Waals surface area contributed by atoms with Gasteiger partial charge in [-0.1, -0.05) is 80.6 Å². The van der Waals surface area contributed by atoms with Gasteiger partial charge in [0.25, 0.3) is 0 Å². The molecule has 0 unspecified atom stereocenters. The summed E-state index contributed by atoms with van der Waals surface area (Å²) in [7, 11) is 2.04. The first-order valence-electron chi connectivity index (χ1n) is 13.3. The van der Waals surface area contributed by atoms with E-state index in [0.29, 0.717) is 6.42 Å². The molecule has 1 aliphatic carbocycles. The fourth-order valence-electron chi connectivity index (χ4n) is 3.60. The number of hydrogen-bond donors (Lipinski definition) is 2. The third-order valence-corrected chi connectivity index (χ3v) is 6.50. The van der Waals surface area contributed by atoms with E-state index in [2.05, 4.69) is 58.6 Å². The van der Waals surface area contributed by atoms with Crippen LogP contribution in [-0.2, 0) is 4.79 Å². The Labute approximate surface area is 229 Å². The van der Waals surface area contributed by atoms with Crippen LogP contribution >= 0.6 is 11.8 Å². The molecule has 0 amide bonds. The van der Waals surface area contributed by atoms with Gasteiger partial charge in [-0.05, 0) is 88.4 Å². The number of hydrazone groups is 1. The first-order valence-corrected chi connectivity index (χ1v) is 14.2. The molecule has 1 aliphatic rings. The number of thioether (sulfide) groups is 1. The summed E-state index contributed by atoms with van der Waals surface area (Å²) < 4.78 is 0. The van der Waals surface area contributed by atoms with Crippen LogP contribution in [0.15, 0.2) is 71.3 Å². The lowest BCUT2D eigenvalue weighted by atomic mass is 10.1. The van der Waals surface area contributed by atoms with Gasteiger partial charge in [-0.3, -0.25) is 5.43 Å². The zero-order valence-electron chi connectivity index (χ0n) is 23.4. The van der Waals surface area contributed by atoms with Crippen LogP contribution in [0.5, 0.6) is 0 Å². The summed E-state index contributed by atoms with van der Waals surface area (Å²) in [5.74, 6) is 1.75. The predicted molar refractivity (Wildman–Crippen MR) is 165 cm³/mol. The smallest absolute Gasteiger partial charge is 0.182 e. The molecule has 2 N–H and O–H groups in total. The lowest BCUT2D eigenvalue weighted by Crippen LogP contribution is -2.15. The maximum Gasteiger partial charge on any atom is 0.182 e. The van der Waals surface area contributed by atoms with Crippen LogP contribution < -0.4 is 10.7 Å². The van der Waals surface area contributed by atoms with Gasteiger partial charge in [0, 0.05) is 17.9 Å². The van der Waals surface area contributed by atoms with Crippen molar-refractivity contribution < 1.29 is 4.79 Å². The van der Waals surface area contributed by atoms with Gasteiger partial charge in [-0.2, -0.15) is 5.10 Å². The van der Waals surface area contributed by atoms with Crippen molar-refractivity contribution >= 4 is 40.2 Å². The molecule has 0 aromatic heterocycles. The van der Waals surface area contributed by atoms with Gasteiger partial charge >= 0.3 is 0 Å². The molecular weight excluding hydrogens is 476 g/mol. The predicted octanol–water partition coefficient (Wildman–Crippen LogP) is 7.80. The quantitative estimate of drug-likeness (QED) is 0.153. The normalized spacial score (nSPS) is 12.9. The average molecular weight is 523 g/mol. The van der Waals surface area contributed by atoms with E-state index in [0.717, 1.165) is 52.1 Å². The molecule has 0 atom stereocenters. The second-order valence-electron chi connectivity index (χ2n) is 9.35. The van der Waals surface area contributed by atoms with Crippen molar-refractivity contribution in [3.05, 3.63) is 72.3 Å². The molecular formula is C31H46N4OS. The second-order valence-corrected chi connectivity index (χ2v) is 10.3. The van der Waals surface area contributed by atoms with Crippen molar-refractivity contribution in [2.75, 3.05) is 19.3 Å². The van der Waals surface area contributed by atoms with E-state index in [-0.39, 0.29) is 0 Å². The van der Waals surface area contributed by atoms with Crippen LogP contribution in [0.2, 0.25) is 0 Å². The molecule has 6 heteroatoms. The van der Waals surface area contributed by atoms with Gasteiger partial charge < -0.3 is 10.1 Å². The van der Waals surface area contributed by atoms with E-state index in [9.17, 15) is 4.79 Å². The molecule has 0 bridgehead atoms. The molecule has 1 fully saturated rings. The zero-order valence-corrected chi connectivity index (χ0v) is 24.2. The molecule has 202 valence electrons. The highest BCUT2D eigenvalue weighted by Gasteiger charge is 2.12. The van der Waals surface area contributed by atoms with Crippen molar-refractivity contribution in [3.8, 4) is 0 Å². The first kappa shape index (κ1) is 32.3. The van der Waals surface area contributed by atoms with Crippen molar-refractivity contribution in [2.24, 2.45) is 16.0 Å². The van der Waals surface area contributed by atoms with Crippen molar-refractivity contribution in [2.45, 2.75) is 66.2 Å². The van der Waals surface area contributed by atoms with E-state index < -0.39 is 0 Å². The highest BCUT2D eigenvalue weighted by Crippen LogP contribution is 2.23. The maximum absolute atomic E-state index is 9.40. The van der Waals surface area contributed by atoms with Gasteiger partial charge in [-0.15, -0.1) is 0 Å². The first-order chi connectivity index (χ1) is 17.9. The number of nitrogens with one attached hydrogen (secondary N) is 2. The lowest BCUT2D eigenvalue weighted by molar-refractivity contribution is -0.107. The number of carbonyl (C=O) groups excluding carboxylic acids is 1. The topological polar surface area (TPSA) is 65.8 Å². The van der Waals surface area contributed by atoms with Crippen LogP contribution in [0, 0.1) is 12.8 Å². The molecule has 0 aliphatic heterocycles. The molecule has 3 rings (SSSR count). The molecule has 0 heterocycles. The molecule has 0 saturated heterocycles. The zero-order chi connectivity index (χ0) is 27.3. The minimum atomic E-state index is 0.708. The number of rotatable bonds is 9. The summed E-state index contributed by atoms with van der Waals surface area (Å²) in [5, 5.41) is 8.25. The molecule has 5 nitrogen and oxygen atoms in total. The number of hydrogen-bond acceptors (Lipinski definition) is 5. The van der Waals surface area contributed by atoms with E-state index in [4.69, 9.17) is 0 Å². The number of amidine groups is 1. The van der Waals surface area contributed by atoms with Gasteiger partial charge in [-0.25, -0.2) is 4.99 Å². The van der Waals surface area contributed by atoms with Gasteiger partial charge in [0.1, 0.15) is 6.29 Å². The van der Waals surface area contributed by atoms with Crippen LogP contribution in [0.25, 0.3) is 5.57 Å². The Morgan fingerprint density at radius 2 is 1.81 bits per heavy atom. The summed E-state index contributed by atoms with van der Waals surface area (Å²) in [6.07, 6.45) is 8.46. The van der Waals surface area contributed by atoms with E-state index in [1.54, 1.807) is 11.8 Å². The number of aliphatic imine (C=N–C) groups is 1. The number of unbranched alkanes of at least 4 members (excludes halogenated alkanes) is 1. The molecule has 2 aromatic carbocycles. The third kappa shape index (κ3) is 15.9. The van der Waals surface area contributed by atoms with E-state index >= 15 is 0 Å².